The topological polar surface area (TPSA) is 29.1 Å². The van der Waals surface area contributed by atoms with Crippen molar-refractivity contribution in [2.75, 3.05) is 11.9 Å². The van der Waals surface area contributed by atoms with Gasteiger partial charge in [0.05, 0.1) is 0 Å². The molecule has 2 rings (SSSR count). The fourth-order valence-electron chi connectivity index (χ4n) is 2.54. The van der Waals surface area contributed by atoms with Gasteiger partial charge in [-0.1, -0.05) is 12.5 Å². The first-order chi connectivity index (χ1) is 9.31. The van der Waals surface area contributed by atoms with Gasteiger partial charge in [0.2, 0.25) is 0 Å². The summed E-state index contributed by atoms with van der Waals surface area (Å²) >= 11 is 0. The highest BCUT2D eigenvalue weighted by molar-refractivity contribution is 5.96. The lowest BCUT2D eigenvalue weighted by molar-refractivity contribution is 0.0979. The summed E-state index contributed by atoms with van der Waals surface area (Å²) in [6, 6.07) is 6.09. The Labute approximate surface area is 115 Å². The third-order valence-corrected chi connectivity index (χ3v) is 3.68. The fraction of sp³-hybridized carbons (Fsp3) is 0.471. The molecule has 1 aliphatic heterocycles. The molecular weight excluding hydrogens is 234 g/mol. The zero-order valence-corrected chi connectivity index (χ0v) is 11.6. The van der Waals surface area contributed by atoms with Crippen molar-refractivity contribution in [2.45, 2.75) is 44.9 Å². The normalized spacial score (nSPS) is 13.5. The summed E-state index contributed by atoms with van der Waals surface area (Å²) < 4.78 is 0. The van der Waals surface area contributed by atoms with Gasteiger partial charge < -0.3 is 5.32 Å². The maximum atomic E-state index is 12.1. The van der Waals surface area contributed by atoms with Gasteiger partial charge in [0.15, 0.2) is 5.78 Å². The third kappa shape index (κ3) is 3.95. The van der Waals surface area contributed by atoms with Gasteiger partial charge in [-0.3, -0.25) is 4.79 Å². The minimum atomic E-state index is 0.284. The number of nitrogens with one attached hydrogen (secondary N) is 1. The average Bonchev–Trinajstić information content (AvgIpc) is 2.46. The van der Waals surface area contributed by atoms with Gasteiger partial charge in [0, 0.05) is 24.2 Å². The maximum Gasteiger partial charge on any atom is 0.162 e. The first-order valence-corrected chi connectivity index (χ1v) is 7.32. The van der Waals surface area contributed by atoms with E-state index >= 15 is 0 Å². The number of hydrogen-bond donors (Lipinski definition) is 1. The number of benzene rings is 1. The van der Waals surface area contributed by atoms with E-state index in [1.165, 1.54) is 11.3 Å². The molecule has 0 unspecified atom stereocenters. The fourth-order valence-corrected chi connectivity index (χ4v) is 2.54. The van der Waals surface area contributed by atoms with E-state index < -0.39 is 0 Å². The van der Waals surface area contributed by atoms with Crippen LogP contribution in [-0.2, 0) is 6.42 Å². The summed E-state index contributed by atoms with van der Waals surface area (Å²) in [5.74, 6) is 0.284. The van der Waals surface area contributed by atoms with Crippen molar-refractivity contribution in [2.24, 2.45) is 0 Å². The molecule has 1 aliphatic rings. The molecule has 1 N–H and O–H groups in total. The predicted molar refractivity (Wildman–Crippen MR) is 80.9 cm³/mol. The molecule has 1 heterocycles. The van der Waals surface area contributed by atoms with Crippen molar-refractivity contribution in [1.82, 2.24) is 0 Å². The molecule has 0 bridgehead atoms. The van der Waals surface area contributed by atoms with Crippen molar-refractivity contribution >= 4 is 11.5 Å². The lowest BCUT2D eigenvalue weighted by Crippen LogP contribution is -2.12. The molecule has 1 aromatic carbocycles. The Morgan fingerprint density at radius 2 is 2.21 bits per heavy atom. The molecule has 0 saturated carbocycles. The molecular formula is C17H23NO. The highest BCUT2D eigenvalue weighted by Gasteiger charge is 2.12. The Kier molecular flexibility index (Phi) is 5.20. The molecule has 0 amide bonds. The highest BCUT2D eigenvalue weighted by atomic mass is 16.1. The smallest absolute Gasteiger partial charge is 0.162 e. The number of allylic oxidation sites excluding steroid dienone is 1. The second-order valence-electron chi connectivity index (χ2n) is 5.21. The van der Waals surface area contributed by atoms with Gasteiger partial charge in [-0.05, 0) is 55.9 Å². The molecule has 0 spiro atoms. The van der Waals surface area contributed by atoms with Crippen LogP contribution in [0.15, 0.2) is 30.9 Å². The van der Waals surface area contributed by atoms with Gasteiger partial charge in [-0.15, -0.1) is 6.58 Å². The van der Waals surface area contributed by atoms with Crippen molar-refractivity contribution in [3.05, 3.63) is 42.0 Å². The summed E-state index contributed by atoms with van der Waals surface area (Å²) in [7, 11) is 0. The zero-order valence-electron chi connectivity index (χ0n) is 11.6. The average molecular weight is 257 g/mol. The molecule has 0 aliphatic carbocycles. The van der Waals surface area contributed by atoms with Gasteiger partial charge in [-0.2, -0.15) is 0 Å². The van der Waals surface area contributed by atoms with E-state index in [0.717, 1.165) is 50.6 Å². The number of carbonyl (C=O) groups excluding carboxylic acids is 1. The number of rotatable bonds is 7. The molecule has 0 fully saturated rings. The van der Waals surface area contributed by atoms with E-state index in [0.29, 0.717) is 6.42 Å². The van der Waals surface area contributed by atoms with Gasteiger partial charge in [0.1, 0.15) is 0 Å². The monoisotopic (exact) mass is 257 g/mol. The van der Waals surface area contributed by atoms with Crippen LogP contribution < -0.4 is 5.32 Å². The molecule has 0 saturated heterocycles. The Morgan fingerprint density at radius 1 is 1.32 bits per heavy atom. The van der Waals surface area contributed by atoms with Crippen LogP contribution in [0.5, 0.6) is 0 Å². The van der Waals surface area contributed by atoms with Gasteiger partial charge in [0.25, 0.3) is 0 Å². The van der Waals surface area contributed by atoms with Crippen molar-refractivity contribution in [3.63, 3.8) is 0 Å². The lowest BCUT2D eigenvalue weighted by Gasteiger charge is -2.18. The second kappa shape index (κ2) is 7.13. The summed E-state index contributed by atoms with van der Waals surface area (Å²) in [6.45, 7) is 4.75. The van der Waals surface area contributed by atoms with E-state index in [1.807, 2.05) is 12.1 Å². The number of ketones is 1. The Bertz CT molecular complexity index is 451. The summed E-state index contributed by atoms with van der Waals surface area (Å²) in [5, 5.41) is 3.37. The zero-order chi connectivity index (χ0) is 13.5. The number of unbranched alkanes of at least 4 members (excludes halogenated alkanes) is 3. The molecule has 0 atom stereocenters. The first-order valence-electron chi connectivity index (χ1n) is 7.32. The lowest BCUT2D eigenvalue weighted by atomic mass is 9.97. The number of anilines is 1. The van der Waals surface area contributed by atoms with Crippen molar-refractivity contribution < 1.29 is 4.79 Å². The van der Waals surface area contributed by atoms with E-state index in [4.69, 9.17) is 0 Å². The molecule has 0 radical (unpaired) electrons. The van der Waals surface area contributed by atoms with Crippen LogP contribution in [0, 0.1) is 0 Å². The first kappa shape index (κ1) is 13.9. The van der Waals surface area contributed by atoms with E-state index in [2.05, 4.69) is 24.0 Å². The SMILES string of the molecule is C=CCCCCCC(=O)c1ccc2c(c1)CCCN2. The molecule has 2 nitrogen and oxygen atoms in total. The van der Waals surface area contributed by atoms with E-state index in [1.54, 1.807) is 0 Å². The number of aryl methyl sites for hydroxylation is 1. The van der Waals surface area contributed by atoms with E-state index in [9.17, 15) is 4.79 Å². The van der Waals surface area contributed by atoms with Crippen LogP contribution in [0.3, 0.4) is 0 Å². The Balaban J connectivity index is 1.87. The number of fused-ring (bicyclic) bond motifs is 1. The second-order valence-corrected chi connectivity index (χ2v) is 5.21. The van der Waals surface area contributed by atoms with Crippen molar-refractivity contribution in [3.8, 4) is 0 Å². The summed E-state index contributed by atoms with van der Waals surface area (Å²) in [6.07, 6.45) is 9.16. The van der Waals surface area contributed by atoms with Crippen LogP contribution in [0.1, 0.15) is 54.4 Å². The standard InChI is InChI=1S/C17H23NO/c1-2-3-4-5-6-9-17(19)15-10-11-16-14(13-15)8-7-12-18-16/h2,10-11,13,18H,1,3-9,12H2. The van der Waals surface area contributed by atoms with Gasteiger partial charge >= 0.3 is 0 Å². The predicted octanol–water partition coefficient (Wildman–Crippen LogP) is 4.36. The van der Waals surface area contributed by atoms with Crippen LogP contribution in [-0.4, -0.2) is 12.3 Å². The number of Topliss-reactive ketones (excluding diaryl/α,β-unsaturated/α-hetero) is 1. The largest absolute Gasteiger partial charge is 0.385 e. The van der Waals surface area contributed by atoms with E-state index in [-0.39, 0.29) is 5.78 Å². The van der Waals surface area contributed by atoms with Crippen LogP contribution in [0.4, 0.5) is 5.69 Å². The molecule has 2 heteroatoms. The molecule has 0 aromatic heterocycles. The summed E-state index contributed by atoms with van der Waals surface area (Å²) in [5.41, 5.74) is 3.38. The molecule has 1 aromatic rings. The number of carbonyl (C=O) groups is 1. The number of hydrogen-bond acceptors (Lipinski definition) is 2. The molecule has 102 valence electrons. The summed E-state index contributed by atoms with van der Waals surface area (Å²) in [4.78, 5) is 12.1. The maximum absolute atomic E-state index is 12.1. The van der Waals surface area contributed by atoms with Crippen LogP contribution in [0.25, 0.3) is 0 Å². The Morgan fingerprint density at radius 3 is 3.05 bits per heavy atom. The van der Waals surface area contributed by atoms with Crippen LogP contribution >= 0.6 is 0 Å². The highest BCUT2D eigenvalue weighted by Crippen LogP contribution is 2.23. The molecule has 19 heavy (non-hydrogen) atoms. The minimum absolute atomic E-state index is 0.284. The quantitative estimate of drug-likeness (QED) is 0.446. The third-order valence-electron chi connectivity index (χ3n) is 3.68. The van der Waals surface area contributed by atoms with Gasteiger partial charge in [-0.25, -0.2) is 0 Å². The Hall–Kier alpha value is -1.57. The van der Waals surface area contributed by atoms with Crippen LogP contribution in [0.2, 0.25) is 0 Å². The minimum Gasteiger partial charge on any atom is -0.385 e. The van der Waals surface area contributed by atoms with Crippen molar-refractivity contribution in [1.29, 1.82) is 0 Å².